The van der Waals surface area contributed by atoms with Crippen LogP contribution in [0.15, 0.2) is 18.2 Å². The molecule has 3 nitrogen and oxygen atoms in total. The molecule has 1 aromatic carbocycles. The molecule has 19 heavy (non-hydrogen) atoms. The van der Waals surface area contributed by atoms with E-state index in [1.807, 2.05) is 0 Å². The molecule has 3 N–H and O–H groups in total. The lowest BCUT2D eigenvalue weighted by atomic mass is 9.76. The van der Waals surface area contributed by atoms with Gasteiger partial charge in [0.2, 0.25) is 0 Å². The number of rotatable bonds is 3. The molecule has 0 saturated heterocycles. The van der Waals surface area contributed by atoms with Crippen molar-refractivity contribution in [3.8, 4) is 0 Å². The van der Waals surface area contributed by atoms with Gasteiger partial charge in [0, 0.05) is 5.41 Å². The van der Waals surface area contributed by atoms with Gasteiger partial charge < -0.3 is 10.8 Å². The molecule has 0 aliphatic heterocycles. The number of nitrogens with two attached hydrogens (primary N) is 1. The number of carboxylic acids is 1. The van der Waals surface area contributed by atoms with Crippen molar-refractivity contribution in [2.24, 2.45) is 5.73 Å². The van der Waals surface area contributed by atoms with Gasteiger partial charge in [-0.1, -0.05) is 13.8 Å². The van der Waals surface area contributed by atoms with E-state index in [2.05, 4.69) is 0 Å². The molecule has 0 saturated carbocycles. The molecular formula is C12H13F4NO2. The second-order valence-corrected chi connectivity index (χ2v) is 4.73. The van der Waals surface area contributed by atoms with Crippen molar-refractivity contribution in [2.75, 3.05) is 0 Å². The third-order valence-corrected chi connectivity index (χ3v) is 3.02. The molecule has 0 amide bonds. The van der Waals surface area contributed by atoms with E-state index >= 15 is 0 Å². The highest BCUT2D eigenvalue weighted by molar-refractivity contribution is 5.75. The number of halogens is 4. The van der Waals surface area contributed by atoms with Crippen molar-refractivity contribution in [2.45, 2.75) is 31.5 Å². The summed E-state index contributed by atoms with van der Waals surface area (Å²) in [5.74, 6) is -2.34. The van der Waals surface area contributed by atoms with E-state index in [4.69, 9.17) is 10.8 Å². The quantitative estimate of drug-likeness (QED) is 0.836. The normalized spacial score (nSPS) is 14.3. The zero-order valence-corrected chi connectivity index (χ0v) is 10.3. The molecule has 0 fully saturated rings. The van der Waals surface area contributed by atoms with E-state index in [1.165, 1.54) is 13.8 Å². The molecule has 1 rings (SSSR count). The molecule has 1 unspecified atom stereocenters. The largest absolute Gasteiger partial charge is 0.480 e. The maximum absolute atomic E-state index is 13.2. The van der Waals surface area contributed by atoms with E-state index in [1.54, 1.807) is 0 Å². The van der Waals surface area contributed by atoms with Gasteiger partial charge in [-0.3, -0.25) is 4.79 Å². The highest BCUT2D eigenvalue weighted by Gasteiger charge is 2.42. The van der Waals surface area contributed by atoms with Crippen LogP contribution >= 0.6 is 0 Å². The summed E-state index contributed by atoms with van der Waals surface area (Å²) in [6.07, 6.45) is -4.71. The molecule has 7 heteroatoms. The zero-order valence-electron chi connectivity index (χ0n) is 10.3. The number of hydrogen-bond donors (Lipinski definition) is 2. The monoisotopic (exact) mass is 279 g/mol. The number of carbonyl (C=O) groups is 1. The first kappa shape index (κ1) is 15.4. The van der Waals surface area contributed by atoms with Crippen LogP contribution < -0.4 is 5.73 Å². The Bertz CT molecular complexity index is 497. The van der Waals surface area contributed by atoms with Crippen molar-refractivity contribution < 1.29 is 27.5 Å². The molecule has 0 aliphatic rings. The fourth-order valence-corrected chi connectivity index (χ4v) is 1.77. The first-order valence-corrected chi connectivity index (χ1v) is 5.33. The summed E-state index contributed by atoms with van der Waals surface area (Å²) >= 11 is 0. The summed E-state index contributed by atoms with van der Waals surface area (Å²) in [5, 5.41) is 8.84. The SMILES string of the molecule is CC(C)(c1cc(F)ccc1C(F)(F)F)C(N)C(=O)O. The summed E-state index contributed by atoms with van der Waals surface area (Å²) in [4.78, 5) is 10.9. The number of benzene rings is 1. The molecule has 1 atom stereocenters. The van der Waals surface area contributed by atoms with Crippen LogP contribution in [0.25, 0.3) is 0 Å². The number of hydrogen-bond acceptors (Lipinski definition) is 2. The number of carboxylic acid groups (broad SMARTS) is 1. The molecule has 0 heterocycles. The zero-order chi connectivity index (χ0) is 15.0. The van der Waals surface area contributed by atoms with Gasteiger partial charge in [0.05, 0.1) is 5.56 Å². The molecule has 0 bridgehead atoms. The van der Waals surface area contributed by atoms with Gasteiger partial charge >= 0.3 is 12.1 Å². The summed E-state index contributed by atoms with van der Waals surface area (Å²) < 4.78 is 51.8. The smallest absolute Gasteiger partial charge is 0.416 e. The average molecular weight is 279 g/mol. The van der Waals surface area contributed by atoms with Crippen molar-refractivity contribution in [3.63, 3.8) is 0 Å². The molecule has 0 aromatic heterocycles. The van der Waals surface area contributed by atoms with Gasteiger partial charge in [0.1, 0.15) is 11.9 Å². The standard InChI is InChI=1S/C12H13F4NO2/c1-11(2,9(17)10(18)19)8-5-6(13)3-4-7(8)12(14,15)16/h3-5,9H,17H2,1-2H3,(H,18,19). The van der Waals surface area contributed by atoms with E-state index in [9.17, 15) is 22.4 Å². The van der Waals surface area contributed by atoms with E-state index < -0.39 is 40.5 Å². The minimum Gasteiger partial charge on any atom is -0.480 e. The average Bonchev–Trinajstić information content (AvgIpc) is 2.25. The van der Waals surface area contributed by atoms with Crippen molar-refractivity contribution in [3.05, 3.63) is 35.1 Å². The molecule has 0 radical (unpaired) electrons. The van der Waals surface area contributed by atoms with E-state index in [0.717, 1.165) is 0 Å². The topological polar surface area (TPSA) is 63.3 Å². The number of alkyl halides is 3. The third kappa shape index (κ3) is 3.04. The third-order valence-electron chi connectivity index (χ3n) is 3.02. The van der Waals surface area contributed by atoms with Gasteiger partial charge in [-0.2, -0.15) is 13.2 Å². The molecule has 1 aromatic rings. The van der Waals surface area contributed by atoms with Crippen molar-refractivity contribution in [1.29, 1.82) is 0 Å². The van der Waals surface area contributed by atoms with E-state index in [0.29, 0.717) is 18.2 Å². The van der Waals surface area contributed by atoms with Gasteiger partial charge in [0.15, 0.2) is 0 Å². The minimum atomic E-state index is -4.71. The Kier molecular flexibility index (Phi) is 3.90. The minimum absolute atomic E-state index is 0.477. The summed E-state index contributed by atoms with van der Waals surface area (Å²) in [6.45, 7) is 2.46. The van der Waals surface area contributed by atoms with Crippen LogP contribution in [-0.2, 0) is 16.4 Å². The van der Waals surface area contributed by atoms with Crippen LogP contribution in [0.3, 0.4) is 0 Å². The maximum atomic E-state index is 13.2. The molecule has 106 valence electrons. The Hall–Kier alpha value is -1.63. The van der Waals surface area contributed by atoms with Gasteiger partial charge in [-0.15, -0.1) is 0 Å². The predicted octanol–water partition coefficient (Wildman–Crippen LogP) is 2.53. The van der Waals surface area contributed by atoms with Crippen molar-refractivity contribution >= 4 is 5.97 Å². The Morgan fingerprint density at radius 3 is 2.21 bits per heavy atom. The van der Waals surface area contributed by atoms with Crippen LogP contribution in [0.5, 0.6) is 0 Å². The van der Waals surface area contributed by atoms with Crippen LogP contribution in [0.2, 0.25) is 0 Å². The molecular weight excluding hydrogens is 266 g/mol. The summed E-state index contributed by atoms with van der Waals surface area (Å²) in [6, 6.07) is 0.344. The van der Waals surface area contributed by atoms with Crippen LogP contribution in [0, 0.1) is 5.82 Å². The highest BCUT2D eigenvalue weighted by atomic mass is 19.4. The Morgan fingerprint density at radius 2 is 1.79 bits per heavy atom. The fraction of sp³-hybridized carbons (Fsp3) is 0.417. The lowest BCUT2D eigenvalue weighted by Crippen LogP contribution is -2.47. The number of aliphatic carboxylic acids is 1. The Balaban J connectivity index is 3.48. The molecule has 0 aliphatic carbocycles. The van der Waals surface area contributed by atoms with Crippen LogP contribution in [0.1, 0.15) is 25.0 Å². The lowest BCUT2D eigenvalue weighted by Gasteiger charge is -2.31. The maximum Gasteiger partial charge on any atom is 0.416 e. The fourth-order valence-electron chi connectivity index (χ4n) is 1.77. The summed E-state index contributed by atoms with van der Waals surface area (Å²) in [7, 11) is 0. The van der Waals surface area contributed by atoms with Crippen LogP contribution in [0.4, 0.5) is 17.6 Å². The van der Waals surface area contributed by atoms with Gasteiger partial charge in [-0.05, 0) is 23.8 Å². The van der Waals surface area contributed by atoms with Crippen molar-refractivity contribution in [1.82, 2.24) is 0 Å². The van der Waals surface area contributed by atoms with Gasteiger partial charge in [0.25, 0.3) is 0 Å². The highest BCUT2D eigenvalue weighted by Crippen LogP contribution is 2.39. The second-order valence-electron chi connectivity index (χ2n) is 4.73. The second kappa shape index (κ2) is 4.80. The first-order valence-electron chi connectivity index (χ1n) is 5.33. The molecule has 0 spiro atoms. The Labute approximate surface area is 107 Å². The lowest BCUT2D eigenvalue weighted by molar-refractivity contribution is -0.142. The van der Waals surface area contributed by atoms with Gasteiger partial charge in [-0.25, -0.2) is 4.39 Å². The predicted molar refractivity (Wildman–Crippen MR) is 60.0 cm³/mol. The Morgan fingerprint density at radius 1 is 1.26 bits per heavy atom. The first-order chi connectivity index (χ1) is 8.48. The van der Waals surface area contributed by atoms with E-state index in [-0.39, 0.29) is 0 Å². The summed E-state index contributed by atoms with van der Waals surface area (Å²) in [5.41, 5.74) is 2.26. The van der Waals surface area contributed by atoms with Crippen LogP contribution in [-0.4, -0.2) is 17.1 Å².